The molecular weight excluding hydrogens is 470 g/mol. The highest BCUT2D eigenvalue weighted by atomic mass is 19.1. The first kappa shape index (κ1) is 23.6. The molecule has 2 amide bonds. The van der Waals surface area contributed by atoms with Crippen LogP contribution in [0.5, 0.6) is 0 Å². The van der Waals surface area contributed by atoms with E-state index in [0.29, 0.717) is 24.4 Å². The van der Waals surface area contributed by atoms with Crippen molar-refractivity contribution in [2.45, 2.75) is 31.5 Å². The van der Waals surface area contributed by atoms with Crippen molar-refractivity contribution in [3.63, 3.8) is 0 Å². The number of aromatic nitrogens is 4. The van der Waals surface area contributed by atoms with Crippen LogP contribution < -0.4 is 10.9 Å². The first-order valence-electron chi connectivity index (χ1n) is 11.5. The number of carbonyl (C=O) groups is 1. The van der Waals surface area contributed by atoms with Crippen LogP contribution in [0, 0.1) is 11.6 Å². The second-order valence-electron chi connectivity index (χ2n) is 8.94. The number of nitrogens with zero attached hydrogens (tertiary/aromatic N) is 5. The van der Waals surface area contributed by atoms with Gasteiger partial charge in [-0.2, -0.15) is 5.10 Å². The van der Waals surface area contributed by atoms with E-state index in [-0.39, 0.29) is 54.5 Å². The molecule has 4 aromatic rings. The molecule has 1 aliphatic heterocycles. The average molecular weight is 495 g/mol. The third kappa shape index (κ3) is 4.82. The number of benzene rings is 2. The minimum absolute atomic E-state index is 0.0293. The fraction of sp³-hybridized carbons (Fsp3) is 0.280. The topological polar surface area (TPSA) is 105 Å². The number of amides is 2. The van der Waals surface area contributed by atoms with E-state index in [1.54, 1.807) is 29.2 Å². The first-order valence-corrected chi connectivity index (χ1v) is 11.5. The fourth-order valence-electron chi connectivity index (χ4n) is 4.33. The van der Waals surface area contributed by atoms with Crippen LogP contribution in [0.4, 0.5) is 13.6 Å². The van der Waals surface area contributed by atoms with Crippen LogP contribution >= 0.6 is 0 Å². The molecule has 5 rings (SSSR count). The maximum Gasteiger partial charge on any atom is 0.317 e. The largest absolute Gasteiger partial charge is 0.388 e. The Kier molecular flexibility index (Phi) is 6.23. The monoisotopic (exact) mass is 494 g/mol. The van der Waals surface area contributed by atoms with E-state index in [1.807, 2.05) is 0 Å². The lowest BCUT2D eigenvalue weighted by molar-refractivity contribution is -0.0265. The Morgan fingerprint density at radius 3 is 2.33 bits per heavy atom. The van der Waals surface area contributed by atoms with Crippen molar-refractivity contribution in [3.8, 4) is 5.69 Å². The zero-order chi connectivity index (χ0) is 25.3. The Labute approximate surface area is 204 Å². The molecule has 2 aromatic heterocycles. The van der Waals surface area contributed by atoms with Gasteiger partial charge in [-0.25, -0.2) is 23.2 Å². The number of rotatable bonds is 5. The number of nitrogens with one attached hydrogen (secondary N) is 1. The van der Waals surface area contributed by atoms with Crippen LogP contribution in [0.3, 0.4) is 0 Å². The lowest BCUT2D eigenvalue weighted by atomic mass is 9.91. The number of urea groups is 1. The molecule has 11 heteroatoms. The Balaban J connectivity index is 1.23. The predicted molar refractivity (Wildman–Crippen MR) is 127 cm³/mol. The average Bonchev–Trinajstić information content (AvgIpc) is 3.31. The van der Waals surface area contributed by atoms with E-state index in [4.69, 9.17) is 0 Å². The summed E-state index contributed by atoms with van der Waals surface area (Å²) in [6, 6.07) is 11.3. The van der Waals surface area contributed by atoms with E-state index in [1.165, 1.54) is 46.0 Å². The van der Waals surface area contributed by atoms with Gasteiger partial charge < -0.3 is 15.3 Å². The standard InChI is InChI=1S/C25H24F2N6O3/c26-18-3-1-17(2-4-18)13-28-24(35)31-11-9-25(36,10-12-31)15-32-16-29-22-21(23(32)34)14-30-33(22)20-7-5-19(27)6-8-20/h1-8,14,16,36H,9-13,15H2,(H,28,35). The molecule has 0 radical (unpaired) electrons. The van der Waals surface area contributed by atoms with Crippen molar-refractivity contribution in [2.75, 3.05) is 13.1 Å². The molecule has 1 aliphatic rings. The van der Waals surface area contributed by atoms with Crippen LogP contribution in [0.15, 0.2) is 65.8 Å². The van der Waals surface area contributed by atoms with Crippen LogP contribution in [0.2, 0.25) is 0 Å². The lowest BCUT2D eigenvalue weighted by Crippen LogP contribution is -2.51. The third-order valence-corrected chi connectivity index (χ3v) is 6.43. The number of fused-ring (bicyclic) bond motifs is 1. The number of halogens is 2. The van der Waals surface area contributed by atoms with E-state index < -0.39 is 5.60 Å². The Morgan fingerprint density at radius 2 is 1.67 bits per heavy atom. The summed E-state index contributed by atoms with van der Waals surface area (Å²) in [6.07, 6.45) is 3.35. The molecule has 186 valence electrons. The van der Waals surface area contributed by atoms with Gasteiger partial charge in [0, 0.05) is 19.6 Å². The summed E-state index contributed by atoms with van der Waals surface area (Å²) in [4.78, 5) is 31.5. The lowest BCUT2D eigenvalue weighted by Gasteiger charge is -2.38. The molecule has 0 spiro atoms. The number of carbonyl (C=O) groups excluding carboxylic acids is 1. The zero-order valence-corrected chi connectivity index (χ0v) is 19.3. The molecule has 3 heterocycles. The van der Waals surface area contributed by atoms with Crippen LogP contribution in [-0.2, 0) is 13.1 Å². The number of hydrogen-bond acceptors (Lipinski definition) is 5. The summed E-state index contributed by atoms with van der Waals surface area (Å²) in [5, 5.41) is 18.4. The molecule has 2 aromatic carbocycles. The highest BCUT2D eigenvalue weighted by Crippen LogP contribution is 2.24. The third-order valence-electron chi connectivity index (χ3n) is 6.43. The summed E-state index contributed by atoms with van der Waals surface area (Å²) in [7, 11) is 0. The summed E-state index contributed by atoms with van der Waals surface area (Å²) < 4.78 is 29.1. The quantitative estimate of drug-likeness (QED) is 0.444. The van der Waals surface area contributed by atoms with E-state index in [0.717, 1.165) is 5.56 Å². The Morgan fingerprint density at radius 1 is 1.03 bits per heavy atom. The Bertz CT molecular complexity index is 1440. The fourth-order valence-corrected chi connectivity index (χ4v) is 4.33. The summed E-state index contributed by atoms with van der Waals surface area (Å²) in [6.45, 7) is 0.936. The van der Waals surface area contributed by atoms with Gasteiger partial charge in [0.25, 0.3) is 5.56 Å². The minimum Gasteiger partial charge on any atom is -0.388 e. The van der Waals surface area contributed by atoms with Gasteiger partial charge in [-0.05, 0) is 54.8 Å². The van der Waals surface area contributed by atoms with E-state index in [9.17, 15) is 23.5 Å². The molecule has 1 fully saturated rings. The van der Waals surface area contributed by atoms with Gasteiger partial charge in [0.2, 0.25) is 0 Å². The number of piperidine rings is 1. The van der Waals surface area contributed by atoms with E-state index in [2.05, 4.69) is 15.4 Å². The van der Waals surface area contributed by atoms with Crippen molar-refractivity contribution in [3.05, 3.63) is 88.6 Å². The van der Waals surface area contributed by atoms with E-state index >= 15 is 0 Å². The number of hydrogen-bond donors (Lipinski definition) is 2. The smallest absolute Gasteiger partial charge is 0.317 e. The van der Waals surface area contributed by atoms with Crippen molar-refractivity contribution in [1.82, 2.24) is 29.5 Å². The first-order chi connectivity index (χ1) is 17.3. The van der Waals surface area contributed by atoms with Gasteiger partial charge in [0.05, 0.1) is 24.0 Å². The molecular formula is C25H24F2N6O3. The van der Waals surface area contributed by atoms with Gasteiger partial charge in [0.1, 0.15) is 23.3 Å². The van der Waals surface area contributed by atoms with Crippen molar-refractivity contribution in [1.29, 1.82) is 0 Å². The highest BCUT2D eigenvalue weighted by molar-refractivity contribution is 5.75. The second-order valence-corrected chi connectivity index (χ2v) is 8.94. The normalized spacial score (nSPS) is 15.2. The molecule has 0 bridgehead atoms. The molecule has 0 unspecified atom stereocenters. The van der Waals surface area contributed by atoms with Crippen molar-refractivity contribution < 1.29 is 18.7 Å². The number of aliphatic hydroxyl groups is 1. The molecule has 9 nitrogen and oxygen atoms in total. The molecule has 0 saturated carbocycles. The van der Waals surface area contributed by atoms with Gasteiger partial charge >= 0.3 is 6.03 Å². The summed E-state index contributed by atoms with van der Waals surface area (Å²) in [5.41, 5.74) is 0.159. The summed E-state index contributed by atoms with van der Waals surface area (Å²) in [5.74, 6) is -0.717. The van der Waals surface area contributed by atoms with Gasteiger partial charge in [-0.15, -0.1) is 0 Å². The predicted octanol–water partition coefficient (Wildman–Crippen LogP) is 2.60. The zero-order valence-electron chi connectivity index (χ0n) is 19.3. The van der Waals surface area contributed by atoms with Gasteiger partial charge in [-0.3, -0.25) is 9.36 Å². The van der Waals surface area contributed by atoms with Crippen molar-refractivity contribution in [2.24, 2.45) is 0 Å². The molecule has 36 heavy (non-hydrogen) atoms. The number of likely N-dealkylation sites (tertiary alicyclic amines) is 1. The summed E-state index contributed by atoms with van der Waals surface area (Å²) >= 11 is 0. The molecule has 1 saturated heterocycles. The minimum atomic E-state index is -1.18. The van der Waals surface area contributed by atoms with Gasteiger partial charge in [-0.1, -0.05) is 12.1 Å². The maximum atomic E-state index is 13.2. The van der Waals surface area contributed by atoms with Crippen LogP contribution in [0.25, 0.3) is 16.7 Å². The SMILES string of the molecule is O=C(NCc1ccc(F)cc1)N1CCC(O)(Cn2cnc3c(cnn3-c3ccc(F)cc3)c2=O)CC1. The maximum absolute atomic E-state index is 13.2. The molecule has 2 N–H and O–H groups in total. The van der Waals surface area contributed by atoms with Gasteiger partial charge in [0.15, 0.2) is 5.65 Å². The van der Waals surface area contributed by atoms with Crippen molar-refractivity contribution >= 4 is 17.1 Å². The molecule has 0 atom stereocenters. The molecule has 0 aliphatic carbocycles. The second kappa shape index (κ2) is 9.50. The Hall–Kier alpha value is -4.12. The van der Waals surface area contributed by atoms with Crippen LogP contribution in [0.1, 0.15) is 18.4 Å². The van der Waals surface area contributed by atoms with Crippen LogP contribution in [-0.4, -0.2) is 54.1 Å². The highest BCUT2D eigenvalue weighted by Gasteiger charge is 2.34.